The minimum Gasteiger partial charge on any atom is -0.389 e. The van der Waals surface area contributed by atoms with Gasteiger partial charge in [0, 0.05) is 6.54 Å². The molecule has 0 aliphatic carbocycles. The molecule has 0 radical (unpaired) electrons. The average molecular weight is 131 g/mol. The lowest BCUT2D eigenvalue weighted by atomic mass is 10.4. The highest BCUT2D eigenvalue weighted by Gasteiger charge is 1.97. The predicted molar refractivity (Wildman–Crippen MR) is 36.1 cm³/mol. The minimum atomic E-state index is -0.537. The van der Waals surface area contributed by atoms with Crippen LogP contribution in [-0.4, -0.2) is 31.0 Å². The molecule has 1 atom stereocenters. The molecule has 0 aliphatic heterocycles. The van der Waals surface area contributed by atoms with Crippen molar-refractivity contribution in [2.45, 2.75) is 6.10 Å². The van der Waals surface area contributed by atoms with Gasteiger partial charge in [0.2, 0.25) is 0 Å². The van der Waals surface area contributed by atoms with Crippen molar-refractivity contribution in [2.75, 3.05) is 19.8 Å². The molecule has 0 aromatic heterocycles. The van der Waals surface area contributed by atoms with Gasteiger partial charge < -0.3 is 15.6 Å². The lowest BCUT2D eigenvalue weighted by molar-refractivity contribution is 0.0544. The molecule has 0 fully saturated rings. The first-order valence-corrected chi connectivity index (χ1v) is 2.88. The topological polar surface area (TPSA) is 55.5 Å². The highest BCUT2D eigenvalue weighted by atomic mass is 16.5. The molecule has 0 aromatic rings. The van der Waals surface area contributed by atoms with Crippen LogP contribution in [0.25, 0.3) is 0 Å². The van der Waals surface area contributed by atoms with Gasteiger partial charge in [-0.05, 0) is 0 Å². The molecule has 3 N–H and O–H groups in total. The number of hydrogen-bond acceptors (Lipinski definition) is 3. The van der Waals surface area contributed by atoms with E-state index >= 15 is 0 Å². The first kappa shape index (κ1) is 8.62. The molecule has 54 valence electrons. The smallest absolute Gasteiger partial charge is 0.0895 e. The number of aliphatic hydroxyl groups is 1. The number of ether oxygens (including phenoxy) is 1. The maximum Gasteiger partial charge on any atom is 0.0895 e. The molecule has 0 saturated heterocycles. The van der Waals surface area contributed by atoms with Gasteiger partial charge in [0.25, 0.3) is 0 Å². The fraction of sp³-hybridized carbons (Fsp3) is 0.667. The molecule has 0 unspecified atom stereocenters. The first-order valence-electron chi connectivity index (χ1n) is 2.88. The Bertz CT molecular complexity index is 75.5. The number of rotatable bonds is 5. The van der Waals surface area contributed by atoms with Gasteiger partial charge in [-0.3, -0.25) is 0 Å². The van der Waals surface area contributed by atoms with Crippen LogP contribution < -0.4 is 5.73 Å². The van der Waals surface area contributed by atoms with E-state index < -0.39 is 6.10 Å². The van der Waals surface area contributed by atoms with Crippen LogP contribution in [-0.2, 0) is 4.74 Å². The third-order valence-electron chi connectivity index (χ3n) is 0.818. The van der Waals surface area contributed by atoms with E-state index in [0.717, 1.165) is 0 Å². The quantitative estimate of drug-likeness (QED) is 0.391. The van der Waals surface area contributed by atoms with Crippen molar-refractivity contribution in [3.05, 3.63) is 12.7 Å². The molecule has 0 amide bonds. The third kappa shape index (κ3) is 5.49. The minimum absolute atomic E-state index is 0.247. The van der Waals surface area contributed by atoms with E-state index in [1.165, 1.54) is 0 Å². The van der Waals surface area contributed by atoms with Gasteiger partial charge in [0.05, 0.1) is 19.3 Å². The van der Waals surface area contributed by atoms with E-state index in [0.29, 0.717) is 13.2 Å². The molecular formula is C6H13NO2. The number of hydrogen-bond donors (Lipinski definition) is 2. The molecule has 0 spiro atoms. The van der Waals surface area contributed by atoms with E-state index in [2.05, 4.69) is 6.58 Å². The lowest BCUT2D eigenvalue weighted by Crippen LogP contribution is -2.25. The normalized spacial score (nSPS) is 13.1. The fourth-order valence-electron chi connectivity index (χ4n) is 0.355. The van der Waals surface area contributed by atoms with Crippen LogP contribution in [0.2, 0.25) is 0 Å². The molecule has 0 aromatic carbocycles. The Hall–Kier alpha value is -0.380. The monoisotopic (exact) mass is 131 g/mol. The SMILES string of the molecule is C=CCOC[C@@H](O)CN. The van der Waals surface area contributed by atoms with Gasteiger partial charge in [-0.25, -0.2) is 0 Å². The molecule has 0 rings (SSSR count). The molecule has 0 bridgehead atoms. The van der Waals surface area contributed by atoms with Crippen molar-refractivity contribution < 1.29 is 9.84 Å². The van der Waals surface area contributed by atoms with Crippen molar-refractivity contribution >= 4 is 0 Å². The van der Waals surface area contributed by atoms with E-state index in [1.54, 1.807) is 6.08 Å². The molecular weight excluding hydrogens is 118 g/mol. The zero-order chi connectivity index (χ0) is 7.11. The zero-order valence-electron chi connectivity index (χ0n) is 5.42. The Balaban J connectivity index is 2.96. The van der Waals surface area contributed by atoms with Crippen LogP contribution in [0.5, 0.6) is 0 Å². The Labute approximate surface area is 55.1 Å². The molecule has 0 heterocycles. The Morgan fingerprint density at radius 1 is 1.78 bits per heavy atom. The number of nitrogens with two attached hydrogens (primary N) is 1. The van der Waals surface area contributed by atoms with Crippen LogP contribution in [0.4, 0.5) is 0 Å². The second-order valence-electron chi connectivity index (χ2n) is 1.72. The summed E-state index contributed by atoms with van der Waals surface area (Å²) in [6, 6.07) is 0. The van der Waals surface area contributed by atoms with Crippen LogP contribution in [0, 0.1) is 0 Å². The van der Waals surface area contributed by atoms with Crippen molar-refractivity contribution in [1.82, 2.24) is 0 Å². The average Bonchev–Trinajstić information content (AvgIpc) is 1.89. The van der Waals surface area contributed by atoms with Crippen LogP contribution in [0.1, 0.15) is 0 Å². The van der Waals surface area contributed by atoms with Crippen LogP contribution >= 0.6 is 0 Å². The Morgan fingerprint density at radius 2 is 2.44 bits per heavy atom. The Kier molecular flexibility index (Phi) is 5.51. The van der Waals surface area contributed by atoms with Gasteiger partial charge in [-0.15, -0.1) is 6.58 Å². The lowest BCUT2D eigenvalue weighted by Gasteiger charge is -2.05. The summed E-state index contributed by atoms with van der Waals surface area (Å²) in [6.07, 6.45) is 1.09. The standard InChI is InChI=1S/C6H13NO2/c1-2-3-9-5-6(8)4-7/h2,6,8H,1,3-5,7H2/t6-/m0/s1. The van der Waals surface area contributed by atoms with Crippen LogP contribution in [0.15, 0.2) is 12.7 Å². The highest BCUT2D eigenvalue weighted by Crippen LogP contribution is 1.81. The Morgan fingerprint density at radius 3 is 2.89 bits per heavy atom. The van der Waals surface area contributed by atoms with Crippen molar-refractivity contribution in [2.24, 2.45) is 5.73 Å². The molecule has 3 heteroatoms. The van der Waals surface area contributed by atoms with Crippen molar-refractivity contribution in [3.63, 3.8) is 0 Å². The summed E-state index contributed by atoms with van der Waals surface area (Å²) in [5, 5.41) is 8.80. The maximum atomic E-state index is 8.80. The second kappa shape index (κ2) is 5.75. The summed E-state index contributed by atoms with van der Waals surface area (Å²) in [7, 11) is 0. The summed E-state index contributed by atoms with van der Waals surface area (Å²) in [6.45, 7) is 4.46. The van der Waals surface area contributed by atoms with Gasteiger partial charge >= 0.3 is 0 Å². The second-order valence-corrected chi connectivity index (χ2v) is 1.72. The summed E-state index contributed by atoms with van der Waals surface area (Å²) in [5.74, 6) is 0. The molecule has 3 nitrogen and oxygen atoms in total. The van der Waals surface area contributed by atoms with Gasteiger partial charge in [-0.1, -0.05) is 6.08 Å². The van der Waals surface area contributed by atoms with Crippen LogP contribution in [0.3, 0.4) is 0 Å². The summed E-state index contributed by atoms with van der Waals surface area (Å²) < 4.78 is 4.89. The van der Waals surface area contributed by atoms with Gasteiger partial charge in [-0.2, -0.15) is 0 Å². The van der Waals surface area contributed by atoms with Crippen molar-refractivity contribution in [3.8, 4) is 0 Å². The largest absolute Gasteiger partial charge is 0.389 e. The summed E-state index contributed by atoms with van der Waals surface area (Å²) in [4.78, 5) is 0. The summed E-state index contributed by atoms with van der Waals surface area (Å²) >= 11 is 0. The molecule has 9 heavy (non-hydrogen) atoms. The van der Waals surface area contributed by atoms with Gasteiger partial charge in [0.15, 0.2) is 0 Å². The molecule has 0 aliphatic rings. The number of aliphatic hydroxyl groups excluding tert-OH is 1. The predicted octanol–water partition coefficient (Wildman–Crippen LogP) is -0.491. The van der Waals surface area contributed by atoms with E-state index in [1.807, 2.05) is 0 Å². The first-order chi connectivity index (χ1) is 4.31. The highest BCUT2D eigenvalue weighted by molar-refractivity contribution is 4.64. The van der Waals surface area contributed by atoms with E-state index in [-0.39, 0.29) is 6.54 Å². The fourth-order valence-corrected chi connectivity index (χ4v) is 0.355. The van der Waals surface area contributed by atoms with E-state index in [9.17, 15) is 0 Å². The maximum absolute atomic E-state index is 8.80. The summed E-state index contributed by atoms with van der Waals surface area (Å²) in [5.41, 5.74) is 5.10. The zero-order valence-corrected chi connectivity index (χ0v) is 5.42. The third-order valence-corrected chi connectivity index (χ3v) is 0.818. The van der Waals surface area contributed by atoms with Gasteiger partial charge in [0.1, 0.15) is 0 Å². The van der Waals surface area contributed by atoms with Crippen molar-refractivity contribution in [1.29, 1.82) is 0 Å². The van der Waals surface area contributed by atoms with E-state index in [4.69, 9.17) is 15.6 Å². The molecule has 0 saturated carbocycles.